The van der Waals surface area contributed by atoms with Crippen molar-refractivity contribution in [1.82, 2.24) is 0 Å². The molecular formula is C10H12F3N. The molecule has 2 N–H and O–H groups in total. The first-order chi connectivity index (χ1) is 6.56. The largest absolute Gasteiger partial charge is 0.324 e. The van der Waals surface area contributed by atoms with E-state index >= 15 is 0 Å². The Labute approximate surface area is 80.7 Å². The van der Waals surface area contributed by atoms with Gasteiger partial charge in [-0.25, -0.2) is 13.2 Å². The molecule has 0 saturated carbocycles. The zero-order valence-corrected chi connectivity index (χ0v) is 7.86. The van der Waals surface area contributed by atoms with E-state index in [4.69, 9.17) is 5.73 Å². The summed E-state index contributed by atoms with van der Waals surface area (Å²) in [4.78, 5) is 0. The molecule has 0 amide bonds. The van der Waals surface area contributed by atoms with E-state index in [1.54, 1.807) is 0 Å². The van der Waals surface area contributed by atoms with Crippen molar-refractivity contribution in [2.24, 2.45) is 5.73 Å². The number of nitrogens with two attached hydrogens (primary N) is 1. The number of rotatable bonds is 3. The van der Waals surface area contributed by atoms with Crippen LogP contribution in [-0.4, -0.2) is 0 Å². The fourth-order valence-electron chi connectivity index (χ4n) is 1.27. The minimum atomic E-state index is -1.45. The molecule has 78 valence electrons. The first-order valence-corrected chi connectivity index (χ1v) is 4.46. The van der Waals surface area contributed by atoms with Gasteiger partial charge in [0.25, 0.3) is 0 Å². The zero-order valence-electron chi connectivity index (χ0n) is 7.86. The van der Waals surface area contributed by atoms with E-state index in [0.29, 0.717) is 12.0 Å². The van der Waals surface area contributed by atoms with Crippen LogP contribution in [0.3, 0.4) is 0 Å². The van der Waals surface area contributed by atoms with E-state index in [-0.39, 0.29) is 0 Å². The van der Waals surface area contributed by atoms with Crippen LogP contribution in [0.25, 0.3) is 0 Å². The lowest BCUT2D eigenvalue weighted by Crippen LogP contribution is -2.11. The van der Waals surface area contributed by atoms with Gasteiger partial charge < -0.3 is 5.73 Å². The van der Waals surface area contributed by atoms with E-state index in [0.717, 1.165) is 18.6 Å². The summed E-state index contributed by atoms with van der Waals surface area (Å²) in [5.74, 6) is -3.82. The second kappa shape index (κ2) is 4.46. The molecule has 1 atom stereocenters. The smallest absolute Gasteiger partial charge is 0.194 e. The number of benzene rings is 1. The number of hydrogen-bond acceptors (Lipinski definition) is 1. The molecular weight excluding hydrogens is 191 g/mol. The Hall–Kier alpha value is -1.03. The van der Waals surface area contributed by atoms with Crippen LogP contribution in [0, 0.1) is 17.5 Å². The van der Waals surface area contributed by atoms with Gasteiger partial charge in [-0.2, -0.15) is 0 Å². The minimum absolute atomic E-state index is 0.295. The predicted molar refractivity (Wildman–Crippen MR) is 48.2 cm³/mol. The van der Waals surface area contributed by atoms with E-state index < -0.39 is 23.5 Å². The van der Waals surface area contributed by atoms with Crippen molar-refractivity contribution >= 4 is 0 Å². The molecule has 4 heteroatoms. The average Bonchev–Trinajstić information content (AvgIpc) is 2.13. The molecule has 0 fully saturated rings. The third-order valence-electron chi connectivity index (χ3n) is 2.03. The number of halogens is 3. The Morgan fingerprint density at radius 2 is 1.71 bits per heavy atom. The first kappa shape index (κ1) is 11.0. The molecule has 1 aromatic carbocycles. The van der Waals surface area contributed by atoms with Gasteiger partial charge in [-0.3, -0.25) is 0 Å². The second-order valence-electron chi connectivity index (χ2n) is 3.19. The van der Waals surface area contributed by atoms with Crippen LogP contribution < -0.4 is 5.73 Å². The summed E-state index contributed by atoms with van der Waals surface area (Å²) in [6.45, 7) is 1.91. The molecule has 0 aromatic heterocycles. The van der Waals surface area contributed by atoms with Gasteiger partial charge >= 0.3 is 0 Å². The monoisotopic (exact) mass is 203 g/mol. The summed E-state index contributed by atoms with van der Waals surface area (Å²) in [5.41, 5.74) is 5.93. The predicted octanol–water partition coefficient (Wildman–Crippen LogP) is 2.90. The highest BCUT2D eigenvalue weighted by Crippen LogP contribution is 2.20. The summed E-state index contributed by atoms with van der Waals surface area (Å²) in [7, 11) is 0. The van der Waals surface area contributed by atoms with Crippen molar-refractivity contribution in [2.75, 3.05) is 0 Å². The molecule has 0 unspecified atom stereocenters. The van der Waals surface area contributed by atoms with Crippen molar-refractivity contribution in [3.8, 4) is 0 Å². The highest BCUT2D eigenvalue weighted by Gasteiger charge is 2.13. The Morgan fingerprint density at radius 1 is 1.21 bits per heavy atom. The second-order valence-corrected chi connectivity index (χ2v) is 3.19. The molecule has 0 bridgehead atoms. The van der Waals surface area contributed by atoms with Gasteiger partial charge in [0.1, 0.15) is 0 Å². The van der Waals surface area contributed by atoms with Gasteiger partial charge in [0.2, 0.25) is 0 Å². The van der Waals surface area contributed by atoms with E-state index in [1.165, 1.54) is 0 Å². The first-order valence-electron chi connectivity index (χ1n) is 4.46. The van der Waals surface area contributed by atoms with Gasteiger partial charge in [0, 0.05) is 6.04 Å². The topological polar surface area (TPSA) is 26.0 Å². The molecule has 0 radical (unpaired) electrons. The standard InChI is InChI=1S/C10H12F3N/c1-2-3-9(14)6-4-7(11)10(13)8(12)5-6/h4-5,9H,2-3,14H2,1H3/t9-/m0/s1. The van der Waals surface area contributed by atoms with Crippen LogP contribution in [0.1, 0.15) is 31.4 Å². The van der Waals surface area contributed by atoms with Crippen LogP contribution in [0.5, 0.6) is 0 Å². The molecule has 14 heavy (non-hydrogen) atoms. The lowest BCUT2D eigenvalue weighted by molar-refractivity contribution is 0.442. The van der Waals surface area contributed by atoms with Crippen molar-refractivity contribution in [3.63, 3.8) is 0 Å². The van der Waals surface area contributed by atoms with Gasteiger partial charge in [-0.1, -0.05) is 13.3 Å². The molecule has 1 aromatic rings. The van der Waals surface area contributed by atoms with Gasteiger partial charge in [-0.05, 0) is 24.1 Å². The van der Waals surface area contributed by atoms with Crippen LogP contribution in [-0.2, 0) is 0 Å². The molecule has 0 aliphatic rings. The Bertz CT molecular complexity index is 302. The maximum atomic E-state index is 12.8. The molecule has 0 aliphatic carbocycles. The van der Waals surface area contributed by atoms with Crippen LogP contribution >= 0.6 is 0 Å². The summed E-state index contributed by atoms with van der Waals surface area (Å²) in [6, 6.07) is 1.45. The third kappa shape index (κ3) is 2.26. The van der Waals surface area contributed by atoms with Crippen LogP contribution in [0.2, 0.25) is 0 Å². The average molecular weight is 203 g/mol. The highest BCUT2D eigenvalue weighted by atomic mass is 19.2. The van der Waals surface area contributed by atoms with Gasteiger partial charge in [0.05, 0.1) is 0 Å². The van der Waals surface area contributed by atoms with E-state index in [9.17, 15) is 13.2 Å². The quantitative estimate of drug-likeness (QED) is 0.751. The Morgan fingerprint density at radius 3 is 2.14 bits per heavy atom. The molecule has 1 nitrogen and oxygen atoms in total. The molecule has 0 aliphatic heterocycles. The zero-order chi connectivity index (χ0) is 10.7. The fourth-order valence-corrected chi connectivity index (χ4v) is 1.27. The summed E-state index contributed by atoms with van der Waals surface area (Å²) < 4.78 is 38.1. The fraction of sp³-hybridized carbons (Fsp3) is 0.400. The van der Waals surface area contributed by atoms with E-state index in [1.807, 2.05) is 6.92 Å². The molecule has 0 heterocycles. The minimum Gasteiger partial charge on any atom is -0.324 e. The normalized spacial score (nSPS) is 12.9. The summed E-state index contributed by atoms with van der Waals surface area (Å²) in [5, 5.41) is 0. The van der Waals surface area contributed by atoms with Crippen LogP contribution in [0.15, 0.2) is 12.1 Å². The van der Waals surface area contributed by atoms with Crippen molar-refractivity contribution in [1.29, 1.82) is 0 Å². The van der Waals surface area contributed by atoms with Crippen molar-refractivity contribution < 1.29 is 13.2 Å². The highest BCUT2D eigenvalue weighted by molar-refractivity contribution is 5.22. The Kier molecular flexibility index (Phi) is 3.52. The molecule has 0 spiro atoms. The lowest BCUT2D eigenvalue weighted by Gasteiger charge is -2.11. The van der Waals surface area contributed by atoms with Crippen molar-refractivity contribution in [2.45, 2.75) is 25.8 Å². The maximum Gasteiger partial charge on any atom is 0.194 e. The van der Waals surface area contributed by atoms with Crippen LogP contribution in [0.4, 0.5) is 13.2 Å². The maximum absolute atomic E-state index is 12.8. The number of hydrogen-bond donors (Lipinski definition) is 1. The molecule has 1 rings (SSSR count). The molecule has 0 saturated heterocycles. The van der Waals surface area contributed by atoms with E-state index in [2.05, 4.69) is 0 Å². The Balaban J connectivity index is 3.00. The SMILES string of the molecule is CCC[C@H](N)c1cc(F)c(F)c(F)c1. The van der Waals surface area contributed by atoms with Gasteiger partial charge in [0.15, 0.2) is 17.5 Å². The van der Waals surface area contributed by atoms with Crippen molar-refractivity contribution in [3.05, 3.63) is 35.1 Å². The lowest BCUT2D eigenvalue weighted by atomic mass is 10.0. The van der Waals surface area contributed by atoms with Gasteiger partial charge in [-0.15, -0.1) is 0 Å². The summed E-state index contributed by atoms with van der Waals surface area (Å²) >= 11 is 0. The summed E-state index contributed by atoms with van der Waals surface area (Å²) in [6.07, 6.45) is 1.42. The third-order valence-corrected chi connectivity index (χ3v) is 2.03.